The van der Waals surface area contributed by atoms with Crippen molar-refractivity contribution in [2.45, 2.75) is 71.2 Å². The topological polar surface area (TPSA) is 113 Å². The van der Waals surface area contributed by atoms with Crippen LogP contribution in [0.1, 0.15) is 56.8 Å². The number of rotatable bonds is 6. The lowest BCUT2D eigenvalue weighted by Gasteiger charge is -2.39. The SMILES string of the molecule is Cc1c(CN2CCC[C@@]3(CCN(C)C3=O)C2)n(C(C)C)c2cc(-c3nc(N[C@@H]4CCOC[C@H]4O)ncc3F)ccc2c1=O. The fraction of sp³-hybridized carbons (Fsp3) is 0.562. The number of pyridine rings is 1. The van der Waals surface area contributed by atoms with Gasteiger partial charge in [0.25, 0.3) is 0 Å². The number of carbonyl (C=O) groups excluding carboxylic acids is 1. The van der Waals surface area contributed by atoms with Crippen molar-refractivity contribution in [3.8, 4) is 11.3 Å². The second kappa shape index (κ2) is 11.6. The number of aliphatic hydroxyl groups excluding tert-OH is 1. The first-order valence-corrected chi connectivity index (χ1v) is 15.3. The van der Waals surface area contributed by atoms with Gasteiger partial charge in [-0.1, -0.05) is 6.07 Å². The Labute approximate surface area is 250 Å². The van der Waals surface area contributed by atoms with Gasteiger partial charge in [-0.3, -0.25) is 14.5 Å². The maximum Gasteiger partial charge on any atom is 0.229 e. The Balaban J connectivity index is 1.38. The second-order valence-electron chi connectivity index (χ2n) is 12.7. The van der Waals surface area contributed by atoms with Gasteiger partial charge in [0.1, 0.15) is 5.69 Å². The number of halogens is 1. The third-order valence-electron chi connectivity index (χ3n) is 9.50. The molecule has 0 aliphatic carbocycles. The summed E-state index contributed by atoms with van der Waals surface area (Å²) in [4.78, 5) is 39.5. The molecule has 0 radical (unpaired) electrons. The number of benzene rings is 1. The molecule has 0 saturated carbocycles. The largest absolute Gasteiger partial charge is 0.389 e. The lowest BCUT2D eigenvalue weighted by molar-refractivity contribution is -0.137. The Hall–Kier alpha value is -3.41. The number of carbonyl (C=O) groups is 1. The minimum atomic E-state index is -0.712. The molecule has 6 rings (SSSR count). The number of hydrogen-bond donors (Lipinski definition) is 2. The smallest absolute Gasteiger partial charge is 0.229 e. The van der Waals surface area contributed by atoms with Crippen molar-refractivity contribution in [1.82, 2.24) is 24.3 Å². The molecule has 0 unspecified atom stereocenters. The molecule has 3 aliphatic rings. The molecule has 0 bridgehead atoms. The number of fused-ring (bicyclic) bond motifs is 1. The predicted octanol–water partition coefficient (Wildman–Crippen LogP) is 3.49. The number of ether oxygens (including phenoxy) is 1. The van der Waals surface area contributed by atoms with E-state index in [4.69, 9.17) is 4.74 Å². The Morgan fingerprint density at radius 2 is 2.05 bits per heavy atom. The zero-order chi connectivity index (χ0) is 30.5. The van der Waals surface area contributed by atoms with Gasteiger partial charge in [0.05, 0.1) is 35.9 Å². The molecular weight excluding hydrogens is 551 g/mol. The van der Waals surface area contributed by atoms with Gasteiger partial charge in [0, 0.05) is 61.5 Å². The number of hydrogen-bond acceptors (Lipinski definition) is 8. The fourth-order valence-electron chi connectivity index (χ4n) is 7.16. The van der Waals surface area contributed by atoms with Crippen molar-refractivity contribution >= 4 is 22.8 Å². The summed E-state index contributed by atoms with van der Waals surface area (Å²) in [5, 5.41) is 14.0. The number of piperidine rings is 1. The lowest BCUT2D eigenvalue weighted by atomic mass is 9.78. The van der Waals surface area contributed by atoms with Crippen LogP contribution in [0, 0.1) is 18.2 Å². The summed E-state index contributed by atoms with van der Waals surface area (Å²) in [6, 6.07) is 5.04. The molecule has 1 aromatic carbocycles. The van der Waals surface area contributed by atoms with E-state index in [9.17, 15) is 14.7 Å². The van der Waals surface area contributed by atoms with E-state index in [0.717, 1.165) is 44.2 Å². The number of aliphatic hydroxyl groups is 1. The molecule has 3 fully saturated rings. The highest BCUT2D eigenvalue weighted by atomic mass is 19.1. The third kappa shape index (κ3) is 5.42. The van der Waals surface area contributed by atoms with Gasteiger partial charge in [-0.05, 0) is 65.1 Å². The summed E-state index contributed by atoms with van der Waals surface area (Å²) >= 11 is 0. The molecule has 2 N–H and O–H groups in total. The molecule has 43 heavy (non-hydrogen) atoms. The van der Waals surface area contributed by atoms with E-state index in [0.29, 0.717) is 48.1 Å². The van der Waals surface area contributed by atoms with Gasteiger partial charge in [-0.2, -0.15) is 0 Å². The molecule has 11 heteroatoms. The molecule has 1 spiro atoms. The Morgan fingerprint density at radius 1 is 1.23 bits per heavy atom. The number of nitrogens with one attached hydrogen (secondary N) is 1. The first-order chi connectivity index (χ1) is 20.6. The predicted molar refractivity (Wildman–Crippen MR) is 162 cm³/mol. The number of amides is 1. The zero-order valence-corrected chi connectivity index (χ0v) is 25.4. The van der Waals surface area contributed by atoms with E-state index in [-0.39, 0.29) is 47.1 Å². The van der Waals surface area contributed by atoms with Crippen LogP contribution in [0.25, 0.3) is 22.2 Å². The summed E-state index contributed by atoms with van der Waals surface area (Å²) in [6.45, 7) is 9.67. The van der Waals surface area contributed by atoms with Crippen molar-refractivity contribution in [1.29, 1.82) is 0 Å². The lowest BCUT2D eigenvalue weighted by Crippen LogP contribution is -2.47. The van der Waals surface area contributed by atoms with Crippen molar-refractivity contribution in [2.75, 3.05) is 45.2 Å². The molecule has 10 nitrogen and oxygen atoms in total. The van der Waals surface area contributed by atoms with Crippen LogP contribution in [0.5, 0.6) is 0 Å². The van der Waals surface area contributed by atoms with Crippen LogP contribution in [0.15, 0.2) is 29.2 Å². The highest BCUT2D eigenvalue weighted by Gasteiger charge is 2.47. The van der Waals surface area contributed by atoms with E-state index in [1.165, 1.54) is 0 Å². The minimum Gasteiger partial charge on any atom is -0.389 e. The monoisotopic (exact) mass is 592 g/mol. The van der Waals surface area contributed by atoms with Gasteiger partial charge in [-0.25, -0.2) is 14.4 Å². The molecular formula is C32H41FN6O4. The molecule has 230 valence electrons. The van der Waals surface area contributed by atoms with Crippen LogP contribution in [0.2, 0.25) is 0 Å². The van der Waals surface area contributed by atoms with Gasteiger partial charge >= 0.3 is 0 Å². The van der Waals surface area contributed by atoms with Crippen LogP contribution >= 0.6 is 0 Å². The van der Waals surface area contributed by atoms with Gasteiger partial charge in [0.15, 0.2) is 11.2 Å². The van der Waals surface area contributed by atoms with Gasteiger partial charge in [0.2, 0.25) is 11.9 Å². The van der Waals surface area contributed by atoms with E-state index in [2.05, 4.69) is 38.6 Å². The van der Waals surface area contributed by atoms with E-state index >= 15 is 4.39 Å². The van der Waals surface area contributed by atoms with Crippen LogP contribution in [0.4, 0.5) is 10.3 Å². The van der Waals surface area contributed by atoms with E-state index in [1.807, 2.05) is 24.9 Å². The minimum absolute atomic E-state index is 0.0209. The summed E-state index contributed by atoms with van der Waals surface area (Å²) < 4.78 is 22.7. The Morgan fingerprint density at radius 3 is 2.77 bits per heavy atom. The van der Waals surface area contributed by atoms with Crippen LogP contribution in [-0.2, 0) is 16.1 Å². The average molecular weight is 593 g/mol. The van der Waals surface area contributed by atoms with Crippen LogP contribution < -0.4 is 10.7 Å². The van der Waals surface area contributed by atoms with E-state index < -0.39 is 11.9 Å². The van der Waals surface area contributed by atoms with Crippen molar-refractivity contribution < 1.29 is 19.0 Å². The van der Waals surface area contributed by atoms with Gasteiger partial charge in [-0.15, -0.1) is 0 Å². The van der Waals surface area contributed by atoms with Crippen molar-refractivity contribution in [2.24, 2.45) is 5.41 Å². The van der Waals surface area contributed by atoms with Gasteiger partial charge < -0.3 is 24.6 Å². The van der Waals surface area contributed by atoms with Crippen LogP contribution in [0.3, 0.4) is 0 Å². The first kappa shape index (κ1) is 29.7. The first-order valence-electron chi connectivity index (χ1n) is 15.3. The number of aromatic nitrogens is 3. The molecule has 3 atom stereocenters. The average Bonchev–Trinajstić information content (AvgIpc) is 3.25. The Bertz CT molecular complexity index is 1600. The van der Waals surface area contributed by atoms with Crippen molar-refractivity contribution in [3.63, 3.8) is 0 Å². The molecule has 3 aliphatic heterocycles. The number of nitrogens with zero attached hydrogens (tertiary/aromatic N) is 5. The normalized spacial score (nSPS) is 24.9. The highest BCUT2D eigenvalue weighted by molar-refractivity contribution is 5.86. The van der Waals surface area contributed by atoms with Crippen LogP contribution in [-0.4, -0.2) is 87.4 Å². The van der Waals surface area contributed by atoms with E-state index in [1.54, 1.807) is 12.1 Å². The number of likely N-dealkylation sites (tertiary alicyclic amines) is 2. The summed E-state index contributed by atoms with van der Waals surface area (Å²) in [5.41, 5.74) is 2.59. The quantitative estimate of drug-likeness (QED) is 0.448. The zero-order valence-electron chi connectivity index (χ0n) is 25.4. The maximum absolute atomic E-state index is 15.2. The van der Waals surface area contributed by atoms with Crippen molar-refractivity contribution in [3.05, 3.63) is 51.7 Å². The molecule has 1 amide bonds. The second-order valence-corrected chi connectivity index (χ2v) is 12.7. The fourth-order valence-corrected chi connectivity index (χ4v) is 7.16. The summed E-state index contributed by atoms with van der Waals surface area (Å²) in [5.74, 6) is -0.127. The maximum atomic E-state index is 15.2. The molecule has 3 saturated heterocycles. The Kier molecular flexibility index (Phi) is 7.99. The summed E-state index contributed by atoms with van der Waals surface area (Å²) in [7, 11) is 1.88. The molecule has 5 heterocycles. The highest BCUT2D eigenvalue weighted by Crippen LogP contribution is 2.40. The molecule has 2 aromatic heterocycles. The third-order valence-corrected chi connectivity index (χ3v) is 9.50. The summed E-state index contributed by atoms with van der Waals surface area (Å²) in [6.07, 6.45) is 3.71. The standard InChI is InChI=1S/C32H41FN6O4/c1-19(2)39-25-14-21(28-23(33)15-34-31(36-28)35-24-8-13-43-17-27(24)40)6-7-22(25)29(41)20(3)26(39)16-38-11-5-9-32(18-38)10-12-37(4)30(32)42/h6-7,14-15,19,24,27,40H,5,8-13,16-18H2,1-4H3,(H,34,35,36)/t24-,27-,32-/m1/s1. The number of anilines is 1. The molecule has 3 aromatic rings.